The zero-order valence-electron chi connectivity index (χ0n) is 24.0. The Morgan fingerprint density at radius 3 is 1.84 bits per heavy atom. The van der Waals surface area contributed by atoms with Gasteiger partial charge in [0.2, 0.25) is 0 Å². The molecule has 45 heavy (non-hydrogen) atoms. The maximum atomic E-state index is 15.2. The standard InChI is InChI=1S/C34H28F8O3/c1-2-3-4-5-19-17-43-33(44-18-19)22-7-10-25(28(36)14-22)20-6-9-24(27(35)12-20)21-8-11-26(29(37)13-21)34(41,42)45-23-15-30(38)32(40)31(39)16-23/h6-16,19,33H,2-5,17-18H2,1H3. The minimum absolute atomic E-state index is 0.0874. The van der Waals surface area contributed by atoms with E-state index in [9.17, 15) is 26.3 Å². The summed E-state index contributed by atoms with van der Waals surface area (Å²) in [7, 11) is 0. The Balaban J connectivity index is 1.29. The summed E-state index contributed by atoms with van der Waals surface area (Å²) in [5.74, 6) is -9.26. The molecule has 0 aromatic heterocycles. The van der Waals surface area contributed by atoms with E-state index in [2.05, 4.69) is 11.7 Å². The van der Waals surface area contributed by atoms with E-state index < -0.39 is 58.6 Å². The third kappa shape index (κ3) is 7.31. The van der Waals surface area contributed by atoms with Crippen molar-refractivity contribution in [2.24, 2.45) is 5.92 Å². The molecular formula is C34H28F8O3. The Labute approximate surface area is 254 Å². The summed E-state index contributed by atoms with van der Waals surface area (Å²) in [5.41, 5.74) is -0.849. The summed E-state index contributed by atoms with van der Waals surface area (Å²) in [6, 6.07) is 10.6. The van der Waals surface area contributed by atoms with Gasteiger partial charge in [0, 0.05) is 34.7 Å². The van der Waals surface area contributed by atoms with Crippen LogP contribution in [-0.4, -0.2) is 13.2 Å². The maximum Gasteiger partial charge on any atom is 0.429 e. The molecule has 1 aliphatic heterocycles. The lowest BCUT2D eigenvalue weighted by Gasteiger charge is -2.29. The number of hydrogen-bond donors (Lipinski definition) is 0. The van der Waals surface area contributed by atoms with Gasteiger partial charge in [-0.05, 0) is 41.8 Å². The maximum absolute atomic E-state index is 15.2. The third-order valence-electron chi connectivity index (χ3n) is 7.52. The summed E-state index contributed by atoms with van der Waals surface area (Å²) < 4.78 is 130. The van der Waals surface area contributed by atoms with Crippen LogP contribution in [0.5, 0.6) is 5.75 Å². The molecule has 0 atom stereocenters. The monoisotopic (exact) mass is 636 g/mol. The minimum Gasteiger partial charge on any atom is -0.429 e. The van der Waals surface area contributed by atoms with Crippen molar-refractivity contribution in [2.45, 2.75) is 45.0 Å². The van der Waals surface area contributed by atoms with E-state index in [0.717, 1.165) is 37.8 Å². The van der Waals surface area contributed by atoms with Crippen LogP contribution in [0.4, 0.5) is 35.1 Å². The highest BCUT2D eigenvalue weighted by molar-refractivity contribution is 5.72. The van der Waals surface area contributed by atoms with Gasteiger partial charge in [-0.15, -0.1) is 0 Å². The van der Waals surface area contributed by atoms with Crippen LogP contribution in [-0.2, 0) is 15.6 Å². The molecule has 4 aromatic carbocycles. The lowest BCUT2D eigenvalue weighted by atomic mass is 9.97. The molecule has 1 fully saturated rings. The second-order valence-electron chi connectivity index (χ2n) is 10.8. The Bertz CT molecular complexity index is 1640. The Morgan fingerprint density at radius 1 is 0.689 bits per heavy atom. The molecule has 0 N–H and O–H groups in total. The second-order valence-corrected chi connectivity index (χ2v) is 10.8. The lowest BCUT2D eigenvalue weighted by Crippen LogP contribution is -2.27. The fourth-order valence-electron chi connectivity index (χ4n) is 5.13. The van der Waals surface area contributed by atoms with E-state index in [4.69, 9.17) is 9.47 Å². The number of rotatable bonds is 10. The number of alkyl halides is 2. The fraction of sp³-hybridized carbons (Fsp3) is 0.294. The Morgan fingerprint density at radius 2 is 1.27 bits per heavy atom. The molecular weight excluding hydrogens is 608 g/mol. The topological polar surface area (TPSA) is 27.7 Å². The van der Waals surface area contributed by atoms with Crippen molar-refractivity contribution in [3.8, 4) is 28.0 Å². The number of unbranched alkanes of at least 4 members (excludes halogenated alkanes) is 2. The number of hydrogen-bond acceptors (Lipinski definition) is 3. The van der Waals surface area contributed by atoms with E-state index >= 15 is 8.78 Å². The molecule has 0 amide bonds. The van der Waals surface area contributed by atoms with Gasteiger partial charge in [-0.25, -0.2) is 26.3 Å². The normalized spacial score (nSPS) is 17.0. The van der Waals surface area contributed by atoms with Crippen molar-refractivity contribution in [3.05, 3.63) is 113 Å². The van der Waals surface area contributed by atoms with Crippen LogP contribution in [0.25, 0.3) is 22.3 Å². The predicted octanol–water partition coefficient (Wildman–Crippen LogP) is 10.2. The van der Waals surface area contributed by atoms with Gasteiger partial charge in [-0.2, -0.15) is 8.78 Å². The van der Waals surface area contributed by atoms with Crippen LogP contribution in [0.2, 0.25) is 0 Å². The van der Waals surface area contributed by atoms with Crippen LogP contribution in [0, 0.1) is 40.8 Å². The van der Waals surface area contributed by atoms with Crippen molar-refractivity contribution in [1.82, 2.24) is 0 Å². The molecule has 0 aliphatic carbocycles. The fourth-order valence-corrected chi connectivity index (χ4v) is 5.13. The first kappa shape index (κ1) is 32.4. The zero-order chi connectivity index (χ0) is 32.3. The van der Waals surface area contributed by atoms with Crippen LogP contribution in [0.15, 0.2) is 66.7 Å². The summed E-state index contributed by atoms with van der Waals surface area (Å²) in [5, 5.41) is 0. The molecule has 1 heterocycles. The average Bonchev–Trinajstić information content (AvgIpc) is 3.00. The van der Waals surface area contributed by atoms with Crippen LogP contribution >= 0.6 is 0 Å². The van der Waals surface area contributed by atoms with Gasteiger partial charge in [0.15, 0.2) is 23.7 Å². The zero-order valence-corrected chi connectivity index (χ0v) is 24.0. The van der Waals surface area contributed by atoms with Gasteiger partial charge in [0.05, 0.1) is 18.8 Å². The molecule has 238 valence electrons. The van der Waals surface area contributed by atoms with Crippen molar-refractivity contribution >= 4 is 0 Å². The highest BCUT2D eigenvalue weighted by atomic mass is 19.3. The number of halogens is 8. The first-order valence-corrected chi connectivity index (χ1v) is 14.3. The molecule has 5 rings (SSSR count). The first-order chi connectivity index (χ1) is 21.5. The lowest BCUT2D eigenvalue weighted by molar-refractivity contribution is -0.206. The molecule has 0 spiro atoms. The number of benzene rings is 4. The Hall–Kier alpha value is -3.96. The van der Waals surface area contributed by atoms with E-state index in [-0.39, 0.29) is 40.3 Å². The van der Waals surface area contributed by atoms with Gasteiger partial charge >= 0.3 is 6.11 Å². The van der Waals surface area contributed by atoms with Crippen molar-refractivity contribution in [3.63, 3.8) is 0 Å². The molecule has 0 radical (unpaired) electrons. The highest BCUT2D eigenvalue weighted by Crippen LogP contribution is 2.37. The van der Waals surface area contributed by atoms with Crippen molar-refractivity contribution < 1.29 is 49.3 Å². The molecule has 4 aromatic rings. The summed E-state index contributed by atoms with van der Waals surface area (Å²) in [6.07, 6.45) is -0.795. The third-order valence-corrected chi connectivity index (χ3v) is 7.52. The van der Waals surface area contributed by atoms with Gasteiger partial charge in [-0.3, -0.25) is 0 Å². The molecule has 1 saturated heterocycles. The van der Waals surface area contributed by atoms with Crippen LogP contribution < -0.4 is 4.74 Å². The van der Waals surface area contributed by atoms with E-state index in [0.29, 0.717) is 30.9 Å². The van der Waals surface area contributed by atoms with Crippen molar-refractivity contribution in [1.29, 1.82) is 0 Å². The van der Waals surface area contributed by atoms with E-state index in [1.54, 1.807) is 6.07 Å². The Kier molecular flexibility index (Phi) is 9.79. The second kappa shape index (κ2) is 13.6. The quantitative estimate of drug-likeness (QED) is 0.0985. The molecule has 3 nitrogen and oxygen atoms in total. The minimum atomic E-state index is -4.42. The SMILES string of the molecule is CCCCCC1COC(c2ccc(-c3ccc(-c4ccc(C(F)(F)Oc5cc(F)c(F)c(F)c5)c(F)c4)c(F)c3)c(F)c2)OC1. The van der Waals surface area contributed by atoms with Crippen LogP contribution in [0.1, 0.15) is 50.0 Å². The average molecular weight is 637 g/mol. The van der Waals surface area contributed by atoms with Gasteiger partial charge in [0.25, 0.3) is 0 Å². The molecule has 0 unspecified atom stereocenters. The van der Waals surface area contributed by atoms with E-state index in [1.165, 1.54) is 24.3 Å². The molecule has 1 aliphatic rings. The molecule has 0 saturated carbocycles. The summed E-state index contributed by atoms with van der Waals surface area (Å²) >= 11 is 0. The van der Waals surface area contributed by atoms with Gasteiger partial charge in [0.1, 0.15) is 23.2 Å². The van der Waals surface area contributed by atoms with Crippen molar-refractivity contribution in [2.75, 3.05) is 13.2 Å². The van der Waals surface area contributed by atoms with Crippen LogP contribution in [0.3, 0.4) is 0 Å². The molecule has 0 bridgehead atoms. The largest absolute Gasteiger partial charge is 0.429 e. The smallest absolute Gasteiger partial charge is 0.429 e. The van der Waals surface area contributed by atoms with Gasteiger partial charge in [-0.1, -0.05) is 56.5 Å². The van der Waals surface area contributed by atoms with E-state index in [1.807, 2.05) is 0 Å². The van der Waals surface area contributed by atoms with Gasteiger partial charge < -0.3 is 14.2 Å². The summed E-state index contributed by atoms with van der Waals surface area (Å²) in [6.45, 7) is 3.14. The summed E-state index contributed by atoms with van der Waals surface area (Å²) in [4.78, 5) is 0. The predicted molar refractivity (Wildman–Crippen MR) is 150 cm³/mol. The first-order valence-electron chi connectivity index (χ1n) is 14.3. The molecule has 11 heteroatoms. The number of ether oxygens (including phenoxy) is 3. The highest BCUT2D eigenvalue weighted by Gasteiger charge is 2.38.